The first-order chi connectivity index (χ1) is 6.60. The topological polar surface area (TPSA) is 86.6 Å². The molecule has 0 aliphatic carbocycles. The van der Waals surface area contributed by atoms with Gasteiger partial charge in [-0.3, -0.25) is 4.79 Å². The number of aliphatic hydroxyl groups is 2. The number of ketones is 1. The van der Waals surface area contributed by atoms with Crippen molar-refractivity contribution in [3.05, 3.63) is 0 Å². The Morgan fingerprint density at radius 3 is 2.21 bits per heavy atom. The predicted octanol–water partition coefficient (Wildman–Crippen LogP) is -0.785. The molecule has 0 bridgehead atoms. The summed E-state index contributed by atoms with van der Waals surface area (Å²) in [5.41, 5.74) is 0. The summed E-state index contributed by atoms with van der Waals surface area (Å²) < 4.78 is 0. The average molecular weight is 203 g/mol. The van der Waals surface area contributed by atoms with E-state index >= 15 is 0 Å². The minimum absolute atomic E-state index is 0.0543. The molecule has 0 rings (SSSR count). The first-order valence-electron chi connectivity index (χ1n) is 4.60. The monoisotopic (exact) mass is 203 g/mol. The largest absolute Gasteiger partial charge is 0.394 e. The van der Waals surface area contributed by atoms with Crippen molar-refractivity contribution >= 4 is 11.7 Å². The van der Waals surface area contributed by atoms with Crippen LogP contribution in [-0.4, -0.2) is 41.2 Å². The van der Waals surface area contributed by atoms with Gasteiger partial charge in [-0.2, -0.15) is 0 Å². The highest BCUT2D eigenvalue weighted by atomic mass is 16.3. The number of rotatable bonds is 7. The molecule has 0 aromatic heterocycles. The lowest BCUT2D eigenvalue weighted by atomic mass is 10.2. The Bertz CT molecular complexity index is 189. The van der Waals surface area contributed by atoms with Crippen molar-refractivity contribution < 1.29 is 19.8 Å². The van der Waals surface area contributed by atoms with E-state index in [9.17, 15) is 9.59 Å². The summed E-state index contributed by atoms with van der Waals surface area (Å²) >= 11 is 0. The molecule has 0 atom stereocenters. The van der Waals surface area contributed by atoms with E-state index < -0.39 is 6.04 Å². The highest BCUT2D eigenvalue weighted by Crippen LogP contribution is 1.96. The summed E-state index contributed by atoms with van der Waals surface area (Å²) in [6, 6.07) is -0.597. The summed E-state index contributed by atoms with van der Waals surface area (Å²) in [5.74, 6) is -0.196. The van der Waals surface area contributed by atoms with Crippen molar-refractivity contribution in [3.8, 4) is 0 Å². The molecule has 3 N–H and O–H groups in total. The van der Waals surface area contributed by atoms with Crippen LogP contribution in [0.2, 0.25) is 0 Å². The number of hydrogen-bond donors (Lipinski definition) is 3. The molecule has 0 unspecified atom stereocenters. The number of hydrogen-bond acceptors (Lipinski definition) is 4. The third-order valence-corrected chi connectivity index (χ3v) is 1.74. The van der Waals surface area contributed by atoms with E-state index in [1.165, 1.54) is 6.92 Å². The molecular weight excluding hydrogens is 186 g/mol. The molecule has 5 heteroatoms. The van der Waals surface area contributed by atoms with Crippen molar-refractivity contribution in [3.63, 3.8) is 0 Å². The second-order valence-corrected chi connectivity index (χ2v) is 3.19. The average Bonchev–Trinajstić information content (AvgIpc) is 2.13. The van der Waals surface area contributed by atoms with Crippen LogP contribution in [-0.2, 0) is 9.59 Å². The van der Waals surface area contributed by atoms with E-state index in [2.05, 4.69) is 5.32 Å². The molecule has 0 saturated heterocycles. The van der Waals surface area contributed by atoms with Gasteiger partial charge in [0.2, 0.25) is 5.91 Å². The summed E-state index contributed by atoms with van der Waals surface area (Å²) in [5, 5.41) is 19.8. The number of carbonyl (C=O) groups excluding carboxylic acids is 2. The fourth-order valence-corrected chi connectivity index (χ4v) is 0.947. The maximum absolute atomic E-state index is 11.1. The molecular formula is C9H17NO4. The van der Waals surface area contributed by atoms with Gasteiger partial charge in [0.1, 0.15) is 5.78 Å². The zero-order chi connectivity index (χ0) is 11.0. The smallest absolute Gasteiger partial charge is 0.220 e. The summed E-state index contributed by atoms with van der Waals surface area (Å²) in [6.45, 7) is 0.909. The molecule has 0 aliphatic heterocycles. The van der Waals surface area contributed by atoms with Crippen LogP contribution in [0, 0.1) is 0 Å². The van der Waals surface area contributed by atoms with E-state index in [4.69, 9.17) is 10.2 Å². The lowest BCUT2D eigenvalue weighted by Gasteiger charge is -2.12. The Hall–Kier alpha value is -0.940. The van der Waals surface area contributed by atoms with E-state index in [1.54, 1.807) is 0 Å². The molecule has 0 aromatic rings. The van der Waals surface area contributed by atoms with Crippen molar-refractivity contribution in [2.24, 2.45) is 0 Å². The van der Waals surface area contributed by atoms with Gasteiger partial charge in [-0.25, -0.2) is 0 Å². The van der Waals surface area contributed by atoms with Gasteiger partial charge < -0.3 is 20.3 Å². The number of nitrogens with one attached hydrogen (secondary N) is 1. The maximum atomic E-state index is 11.1. The predicted molar refractivity (Wildman–Crippen MR) is 50.6 cm³/mol. The van der Waals surface area contributed by atoms with Crippen molar-refractivity contribution in [2.75, 3.05) is 13.2 Å². The zero-order valence-electron chi connectivity index (χ0n) is 8.32. The molecule has 82 valence electrons. The van der Waals surface area contributed by atoms with Gasteiger partial charge in [0, 0.05) is 12.8 Å². The molecule has 0 heterocycles. The van der Waals surface area contributed by atoms with E-state index in [1.807, 2.05) is 0 Å². The second-order valence-electron chi connectivity index (χ2n) is 3.19. The molecule has 1 amide bonds. The third-order valence-electron chi connectivity index (χ3n) is 1.74. The first-order valence-corrected chi connectivity index (χ1v) is 4.60. The lowest BCUT2D eigenvalue weighted by molar-refractivity contribution is -0.122. The molecule has 0 aromatic carbocycles. The molecule has 14 heavy (non-hydrogen) atoms. The highest BCUT2D eigenvalue weighted by molar-refractivity contribution is 5.78. The normalized spacial score (nSPS) is 10.3. The van der Waals surface area contributed by atoms with Crippen LogP contribution in [0.25, 0.3) is 0 Å². The fourth-order valence-electron chi connectivity index (χ4n) is 0.947. The van der Waals surface area contributed by atoms with E-state index in [0.717, 1.165) is 0 Å². The Balaban J connectivity index is 3.59. The van der Waals surface area contributed by atoms with Crippen LogP contribution >= 0.6 is 0 Å². The number of amides is 1. The van der Waals surface area contributed by atoms with Crippen molar-refractivity contribution in [1.29, 1.82) is 0 Å². The number of Topliss-reactive ketones (excluding diaryl/α,β-unsaturated/α-hetero) is 1. The molecule has 0 radical (unpaired) electrons. The Morgan fingerprint density at radius 1 is 1.21 bits per heavy atom. The third kappa shape index (κ3) is 6.56. The van der Waals surface area contributed by atoms with Gasteiger partial charge in [0.25, 0.3) is 0 Å². The molecule has 0 aliphatic rings. The van der Waals surface area contributed by atoms with Crippen LogP contribution in [0.3, 0.4) is 0 Å². The number of aliphatic hydroxyl groups excluding tert-OH is 2. The molecule has 0 saturated carbocycles. The SMILES string of the molecule is CC(=O)CCCC(=O)NC(CO)CO. The second kappa shape index (κ2) is 7.46. The Kier molecular flexibility index (Phi) is 6.96. The van der Waals surface area contributed by atoms with Crippen LogP contribution in [0.4, 0.5) is 0 Å². The van der Waals surface area contributed by atoms with Crippen LogP contribution in [0.15, 0.2) is 0 Å². The van der Waals surface area contributed by atoms with Gasteiger partial charge in [-0.05, 0) is 13.3 Å². The molecule has 5 nitrogen and oxygen atoms in total. The van der Waals surface area contributed by atoms with Gasteiger partial charge in [0.15, 0.2) is 0 Å². The van der Waals surface area contributed by atoms with Gasteiger partial charge >= 0.3 is 0 Å². The minimum Gasteiger partial charge on any atom is -0.394 e. The minimum atomic E-state index is -0.597. The van der Waals surface area contributed by atoms with Crippen LogP contribution in [0.1, 0.15) is 26.2 Å². The van der Waals surface area contributed by atoms with Crippen molar-refractivity contribution in [2.45, 2.75) is 32.2 Å². The fraction of sp³-hybridized carbons (Fsp3) is 0.778. The Morgan fingerprint density at radius 2 is 1.79 bits per heavy atom. The molecule has 0 spiro atoms. The first kappa shape index (κ1) is 13.1. The maximum Gasteiger partial charge on any atom is 0.220 e. The van der Waals surface area contributed by atoms with Gasteiger partial charge in [0.05, 0.1) is 19.3 Å². The quantitative estimate of drug-likeness (QED) is 0.506. The summed E-state index contributed by atoms with van der Waals surface area (Å²) in [6.07, 6.45) is 1.14. The lowest BCUT2D eigenvalue weighted by Crippen LogP contribution is -2.39. The van der Waals surface area contributed by atoms with Gasteiger partial charge in [-0.15, -0.1) is 0 Å². The van der Waals surface area contributed by atoms with E-state index in [0.29, 0.717) is 12.8 Å². The summed E-state index contributed by atoms with van der Waals surface area (Å²) in [4.78, 5) is 21.7. The highest BCUT2D eigenvalue weighted by Gasteiger charge is 2.09. The zero-order valence-corrected chi connectivity index (χ0v) is 8.32. The van der Waals surface area contributed by atoms with Crippen LogP contribution in [0.5, 0.6) is 0 Å². The standard InChI is InChI=1S/C9H17NO4/c1-7(13)3-2-4-9(14)10-8(5-11)6-12/h8,11-12H,2-6H2,1H3,(H,10,14). The van der Waals surface area contributed by atoms with Crippen LogP contribution < -0.4 is 5.32 Å². The number of carbonyl (C=O) groups is 2. The van der Waals surface area contributed by atoms with Crippen molar-refractivity contribution in [1.82, 2.24) is 5.32 Å². The van der Waals surface area contributed by atoms with E-state index in [-0.39, 0.29) is 31.3 Å². The van der Waals surface area contributed by atoms with Gasteiger partial charge in [-0.1, -0.05) is 0 Å². The Labute approximate surface area is 83.1 Å². The summed E-state index contributed by atoms with van der Waals surface area (Å²) in [7, 11) is 0. The molecule has 0 fully saturated rings.